The Hall–Kier alpha value is -3.23. The number of aromatic amines is 2. The molecular weight excluding hydrogens is 411 g/mol. The first-order chi connectivity index (χ1) is 15.7. The molecule has 0 atom stereocenters. The van der Waals surface area contributed by atoms with Crippen LogP contribution in [0.1, 0.15) is 6.42 Å². The highest BCUT2D eigenvalue weighted by Gasteiger charge is 2.20. The first-order valence-corrected chi connectivity index (χ1v) is 10.9. The Balaban J connectivity index is 1.33. The minimum atomic E-state index is -0.283. The molecule has 2 heterocycles. The van der Waals surface area contributed by atoms with Crippen LogP contribution in [0.15, 0.2) is 42.5 Å². The largest absolute Gasteiger partial charge is 0.493 e. The van der Waals surface area contributed by atoms with Crippen molar-refractivity contribution in [3.63, 3.8) is 0 Å². The predicted octanol–water partition coefficient (Wildman–Crippen LogP) is 4.59. The summed E-state index contributed by atoms with van der Waals surface area (Å²) in [6, 6.07) is 12.5. The molecule has 1 saturated heterocycles. The van der Waals surface area contributed by atoms with Crippen molar-refractivity contribution in [2.24, 2.45) is 0 Å². The predicted molar refractivity (Wildman–Crippen MR) is 123 cm³/mol. The summed E-state index contributed by atoms with van der Waals surface area (Å²) >= 11 is 0. The Morgan fingerprint density at radius 3 is 2.78 bits per heavy atom. The number of ether oxygens (including phenoxy) is 3. The standard InChI is InChI=1S/C24H27FN4O3/c1-30-21-15-19-16(13-22(21)32-9-3-6-29-7-10-31-11-8-29)12-20-23(19)27-28-24(20)26-18-5-2-4-17(25)14-18/h2,4-5,12-15,26-28H,3,6-11H2,1H3. The first kappa shape index (κ1) is 20.7. The van der Waals surface area contributed by atoms with Gasteiger partial charge in [0.15, 0.2) is 11.5 Å². The van der Waals surface area contributed by atoms with Gasteiger partial charge in [0.2, 0.25) is 0 Å². The van der Waals surface area contributed by atoms with E-state index in [0.717, 1.165) is 72.9 Å². The molecule has 1 aliphatic carbocycles. The Kier molecular flexibility index (Phi) is 5.87. The van der Waals surface area contributed by atoms with Crippen LogP contribution in [0.5, 0.6) is 11.5 Å². The third-order valence-corrected chi connectivity index (χ3v) is 5.83. The van der Waals surface area contributed by atoms with Crippen LogP contribution < -0.4 is 14.8 Å². The molecule has 0 amide bonds. The van der Waals surface area contributed by atoms with E-state index in [1.165, 1.54) is 12.1 Å². The molecule has 5 rings (SSSR count). The number of benzene rings is 2. The Morgan fingerprint density at radius 2 is 1.97 bits per heavy atom. The fourth-order valence-corrected chi connectivity index (χ4v) is 4.19. The van der Waals surface area contributed by atoms with E-state index in [9.17, 15) is 4.39 Å². The van der Waals surface area contributed by atoms with Crippen molar-refractivity contribution in [2.75, 3.05) is 51.9 Å². The maximum Gasteiger partial charge on any atom is 0.161 e. The molecular formula is C24H27FN4O3. The number of rotatable bonds is 8. The van der Waals surface area contributed by atoms with Gasteiger partial charge < -0.3 is 19.5 Å². The molecule has 7 nitrogen and oxygen atoms in total. The van der Waals surface area contributed by atoms with E-state index in [-0.39, 0.29) is 5.82 Å². The number of morpholine rings is 1. The molecule has 2 aromatic carbocycles. The molecule has 0 unspecified atom stereocenters. The molecule has 2 aliphatic heterocycles. The van der Waals surface area contributed by atoms with Crippen molar-refractivity contribution in [3.05, 3.63) is 48.3 Å². The lowest BCUT2D eigenvalue weighted by Crippen LogP contribution is -2.37. The molecule has 0 aromatic heterocycles. The van der Waals surface area contributed by atoms with Crippen LogP contribution in [0, 0.1) is 5.82 Å². The van der Waals surface area contributed by atoms with Gasteiger partial charge in [0.05, 0.1) is 32.6 Å². The maximum absolute atomic E-state index is 13.5. The van der Waals surface area contributed by atoms with E-state index < -0.39 is 0 Å². The van der Waals surface area contributed by atoms with Crippen molar-refractivity contribution in [1.29, 1.82) is 0 Å². The normalized spacial score (nSPS) is 14.8. The van der Waals surface area contributed by atoms with E-state index in [1.807, 2.05) is 18.2 Å². The van der Waals surface area contributed by atoms with Gasteiger partial charge in [-0.15, -0.1) is 0 Å². The van der Waals surface area contributed by atoms with E-state index >= 15 is 0 Å². The van der Waals surface area contributed by atoms with Gasteiger partial charge in [-0.3, -0.25) is 15.1 Å². The van der Waals surface area contributed by atoms with Gasteiger partial charge in [-0.1, -0.05) is 6.07 Å². The smallest absolute Gasteiger partial charge is 0.161 e. The summed E-state index contributed by atoms with van der Waals surface area (Å²) in [5.74, 6) is 1.92. The molecule has 3 N–H and O–H groups in total. The highest BCUT2D eigenvalue weighted by atomic mass is 19.1. The second-order valence-electron chi connectivity index (χ2n) is 7.94. The van der Waals surface area contributed by atoms with Crippen LogP contribution in [0.25, 0.3) is 22.0 Å². The van der Waals surface area contributed by atoms with Crippen LogP contribution in [0.4, 0.5) is 15.9 Å². The molecule has 0 radical (unpaired) electrons. The van der Waals surface area contributed by atoms with Gasteiger partial charge in [0.1, 0.15) is 11.6 Å². The van der Waals surface area contributed by atoms with Crippen molar-refractivity contribution in [3.8, 4) is 22.8 Å². The molecule has 168 valence electrons. The van der Waals surface area contributed by atoms with Crippen LogP contribution >= 0.6 is 0 Å². The number of halogens is 1. The van der Waals surface area contributed by atoms with Crippen LogP contribution in [-0.4, -0.2) is 61.7 Å². The quantitative estimate of drug-likeness (QED) is 0.351. The summed E-state index contributed by atoms with van der Waals surface area (Å²) in [6.45, 7) is 5.21. The van der Waals surface area contributed by atoms with Crippen molar-refractivity contribution >= 4 is 22.3 Å². The zero-order valence-electron chi connectivity index (χ0n) is 18.0. The van der Waals surface area contributed by atoms with Gasteiger partial charge in [-0.05, 0) is 48.2 Å². The summed E-state index contributed by atoms with van der Waals surface area (Å²) in [4.78, 5) is 2.40. The number of hydrogen-bond donors (Lipinski definition) is 3. The second-order valence-corrected chi connectivity index (χ2v) is 7.94. The van der Waals surface area contributed by atoms with Gasteiger partial charge in [-0.2, -0.15) is 0 Å². The zero-order chi connectivity index (χ0) is 21.9. The van der Waals surface area contributed by atoms with Crippen LogP contribution in [-0.2, 0) is 4.74 Å². The number of nitrogens with one attached hydrogen (secondary N) is 3. The molecule has 2 aromatic rings. The minimum Gasteiger partial charge on any atom is -0.493 e. The Morgan fingerprint density at radius 1 is 1.09 bits per heavy atom. The summed E-state index contributed by atoms with van der Waals surface area (Å²) < 4.78 is 30.6. The summed E-state index contributed by atoms with van der Waals surface area (Å²) in [5.41, 5.74) is 2.61. The third-order valence-electron chi connectivity index (χ3n) is 5.83. The average molecular weight is 439 g/mol. The monoisotopic (exact) mass is 438 g/mol. The number of anilines is 2. The van der Waals surface area contributed by atoms with Crippen molar-refractivity contribution < 1.29 is 18.6 Å². The number of nitrogens with zero attached hydrogens (tertiary/aromatic N) is 1. The highest BCUT2D eigenvalue weighted by Crippen LogP contribution is 2.42. The highest BCUT2D eigenvalue weighted by molar-refractivity contribution is 6.05. The van der Waals surface area contributed by atoms with Crippen molar-refractivity contribution in [2.45, 2.75) is 6.42 Å². The topological polar surface area (TPSA) is 74.5 Å². The van der Waals surface area contributed by atoms with E-state index in [4.69, 9.17) is 14.2 Å². The summed E-state index contributed by atoms with van der Waals surface area (Å²) in [7, 11) is 1.65. The molecule has 0 bridgehead atoms. The van der Waals surface area contributed by atoms with E-state index in [0.29, 0.717) is 18.0 Å². The fourth-order valence-electron chi connectivity index (χ4n) is 4.19. The summed E-state index contributed by atoms with van der Waals surface area (Å²) in [5, 5.41) is 11.7. The average Bonchev–Trinajstić information content (AvgIpc) is 3.36. The van der Waals surface area contributed by atoms with Gasteiger partial charge in [-0.25, -0.2) is 4.39 Å². The number of hydrogen-bond acceptors (Lipinski definition) is 5. The van der Waals surface area contributed by atoms with Gasteiger partial charge >= 0.3 is 0 Å². The Bertz CT molecular complexity index is 1170. The van der Waals surface area contributed by atoms with Gasteiger partial charge in [0.25, 0.3) is 0 Å². The SMILES string of the molecule is COc1cc2c3[nH][nH]c(Nc4cccc(F)c4)c-3cc2cc1OCCCN1CCOCC1. The fraction of sp³-hybridized carbons (Fsp3) is 0.333. The molecule has 3 aliphatic rings. The lowest BCUT2D eigenvalue weighted by molar-refractivity contribution is 0.0357. The maximum atomic E-state index is 13.5. The number of methoxy groups -OCH3 is 1. The van der Waals surface area contributed by atoms with Crippen LogP contribution in [0.3, 0.4) is 0 Å². The zero-order valence-corrected chi connectivity index (χ0v) is 18.0. The molecule has 0 spiro atoms. The molecule has 8 heteroatoms. The Labute approximate surface area is 185 Å². The lowest BCUT2D eigenvalue weighted by atomic mass is 10.2. The molecule has 1 fully saturated rings. The number of fused-ring (bicyclic) bond motifs is 3. The first-order valence-electron chi connectivity index (χ1n) is 10.9. The number of aromatic nitrogens is 2. The van der Waals surface area contributed by atoms with E-state index in [2.05, 4.69) is 26.5 Å². The lowest BCUT2D eigenvalue weighted by Gasteiger charge is -2.26. The van der Waals surface area contributed by atoms with Crippen LogP contribution in [0.2, 0.25) is 0 Å². The number of H-pyrrole nitrogens is 2. The summed E-state index contributed by atoms with van der Waals surface area (Å²) in [6.07, 6.45) is 0.944. The third kappa shape index (κ3) is 4.24. The minimum absolute atomic E-state index is 0.283. The van der Waals surface area contributed by atoms with Crippen molar-refractivity contribution in [1.82, 2.24) is 15.1 Å². The van der Waals surface area contributed by atoms with Gasteiger partial charge in [0, 0.05) is 36.3 Å². The second kappa shape index (κ2) is 9.10. The molecule has 0 saturated carbocycles. The van der Waals surface area contributed by atoms with E-state index in [1.54, 1.807) is 13.2 Å². The molecule has 32 heavy (non-hydrogen) atoms.